The molecule has 1 aliphatic heterocycles. The third-order valence-electron chi connectivity index (χ3n) is 4.40. The molecule has 6 heteroatoms. The molecule has 6 nitrogen and oxygen atoms in total. The van der Waals surface area contributed by atoms with E-state index in [2.05, 4.69) is 5.32 Å². The zero-order valence-electron chi connectivity index (χ0n) is 15.6. The average Bonchev–Trinajstić information content (AvgIpc) is 2.70. The summed E-state index contributed by atoms with van der Waals surface area (Å²) in [6, 6.07) is 14.8. The molecule has 0 aromatic heterocycles. The second kappa shape index (κ2) is 8.58. The maximum atomic E-state index is 12.8. The lowest BCUT2D eigenvalue weighted by Crippen LogP contribution is -2.43. The van der Waals surface area contributed by atoms with Gasteiger partial charge in [-0.25, -0.2) is 0 Å². The Morgan fingerprint density at radius 1 is 1.11 bits per heavy atom. The predicted molar refractivity (Wildman–Crippen MR) is 102 cm³/mol. The van der Waals surface area contributed by atoms with Crippen molar-refractivity contribution in [2.75, 3.05) is 19.7 Å². The van der Waals surface area contributed by atoms with E-state index in [0.29, 0.717) is 37.6 Å². The first-order valence-corrected chi connectivity index (χ1v) is 9.08. The van der Waals surface area contributed by atoms with Crippen molar-refractivity contribution < 1.29 is 19.1 Å². The van der Waals surface area contributed by atoms with Gasteiger partial charge in [-0.2, -0.15) is 0 Å². The summed E-state index contributed by atoms with van der Waals surface area (Å²) < 4.78 is 11.7. The summed E-state index contributed by atoms with van der Waals surface area (Å²) in [6.45, 7) is 5.32. The van der Waals surface area contributed by atoms with Crippen LogP contribution in [-0.2, 0) is 11.3 Å². The molecule has 1 atom stereocenters. The maximum Gasteiger partial charge on any atom is 0.253 e. The molecule has 0 bridgehead atoms. The molecule has 3 rings (SSSR count). The number of nitrogens with zero attached hydrogens (tertiary/aromatic N) is 1. The van der Waals surface area contributed by atoms with Gasteiger partial charge in [0, 0.05) is 25.6 Å². The first-order valence-electron chi connectivity index (χ1n) is 9.08. The van der Waals surface area contributed by atoms with Crippen LogP contribution in [0.15, 0.2) is 48.5 Å². The van der Waals surface area contributed by atoms with Gasteiger partial charge < -0.3 is 19.7 Å². The molecule has 2 amide bonds. The number of rotatable bonds is 6. The maximum absolute atomic E-state index is 12.8. The van der Waals surface area contributed by atoms with E-state index in [1.54, 1.807) is 17.0 Å². The van der Waals surface area contributed by atoms with Gasteiger partial charge in [-0.1, -0.05) is 24.3 Å². The molecule has 1 heterocycles. The standard InChI is InChI=1S/C21H24N2O4/c1-3-23(13-18-14-26-19-6-4-5-7-20(19)27-18)21(25)17-10-8-16(9-11-17)12-22-15(2)24/h4-11,18H,3,12-14H2,1-2H3,(H,22,24). The van der Waals surface area contributed by atoms with E-state index in [0.717, 1.165) is 11.3 Å². The number of carbonyl (C=O) groups is 2. The SMILES string of the molecule is CCN(CC1COc2ccccc2O1)C(=O)c1ccc(CNC(C)=O)cc1. The Bertz CT molecular complexity index is 804. The highest BCUT2D eigenvalue weighted by Gasteiger charge is 2.25. The van der Waals surface area contributed by atoms with Crippen molar-refractivity contribution in [2.45, 2.75) is 26.5 Å². The zero-order chi connectivity index (χ0) is 19.2. The van der Waals surface area contributed by atoms with Crippen LogP contribution in [0.2, 0.25) is 0 Å². The largest absolute Gasteiger partial charge is 0.486 e. The lowest BCUT2D eigenvalue weighted by atomic mass is 10.1. The van der Waals surface area contributed by atoms with E-state index < -0.39 is 0 Å². The molecule has 1 aliphatic rings. The summed E-state index contributed by atoms with van der Waals surface area (Å²) in [5.74, 6) is 1.31. The van der Waals surface area contributed by atoms with Crippen molar-refractivity contribution in [3.8, 4) is 11.5 Å². The van der Waals surface area contributed by atoms with Gasteiger partial charge in [0.15, 0.2) is 17.6 Å². The molecule has 142 valence electrons. The number of para-hydroxylation sites is 2. The van der Waals surface area contributed by atoms with Crippen LogP contribution < -0.4 is 14.8 Å². The molecule has 2 aromatic rings. The molecule has 1 unspecified atom stereocenters. The summed E-state index contributed by atoms with van der Waals surface area (Å²) in [5.41, 5.74) is 1.56. The van der Waals surface area contributed by atoms with Gasteiger partial charge in [-0.05, 0) is 36.8 Å². The normalized spacial score (nSPS) is 15.1. The molecule has 0 saturated carbocycles. The molecular formula is C21H24N2O4. The third kappa shape index (κ3) is 4.78. The Labute approximate surface area is 159 Å². The van der Waals surface area contributed by atoms with E-state index in [1.165, 1.54) is 6.92 Å². The van der Waals surface area contributed by atoms with Gasteiger partial charge in [0.25, 0.3) is 5.91 Å². The van der Waals surface area contributed by atoms with Crippen LogP contribution >= 0.6 is 0 Å². The van der Waals surface area contributed by atoms with E-state index in [9.17, 15) is 9.59 Å². The van der Waals surface area contributed by atoms with Gasteiger partial charge in [0.1, 0.15) is 6.61 Å². The highest BCUT2D eigenvalue weighted by molar-refractivity contribution is 5.94. The number of ether oxygens (including phenoxy) is 2. The van der Waals surface area contributed by atoms with Gasteiger partial charge >= 0.3 is 0 Å². The van der Waals surface area contributed by atoms with Crippen LogP contribution in [-0.4, -0.2) is 42.5 Å². The number of hydrogen-bond acceptors (Lipinski definition) is 4. The van der Waals surface area contributed by atoms with Crippen LogP contribution in [0.25, 0.3) is 0 Å². The molecule has 0 saturated heterocycles. The number of likely N-dealkylation sites (N-methyl/N-ethyl adjacent to an activating group) is 1. The Hall–Kier alpha value is -3.02. The lowest BCUT2D eigenvalue weighted by Gasteiger charge is -2.31. The van der Waals surface area contributed by atoms with Crippen LogP contribution in [0.3, 0.4) is 0 Å². The topological polar surface area (TPSA) is 67.9 Å². The first kappa shape index (κ1) is 18.8. The summed E-state index contributed by atoms with van der Waals surface area (Å²) in [6.07, 6.45) is -0.206. The molecule has 0 spiro atoms. The lowest BCUT2D eigenvalue weighted by molar-refractivity contribution is -0.119. The van der Waals surface area contributed by atoms with Crippen molar-refractivity contribution in [3.63, 3.8) is 0 Å². The fourth-order valence-corrected chi connectivity index (χ4v) is 2.93. The van der Waals surface area contributed by atoms with E-state index in [-0.39, 0.29) is 17.9 Å². The second-order valence-electron chi connectivity index (χ2n) is 6.45. The molecule has 1 N–H and O–H groups in total. The van der Waals surface area contributed by atoms with Crippen LogP contribution in [0.5, 0.6) is 11.5 Å². The van der Waals surface area contributed by atoms with E-state index in [1.807, 2.05) is 43.3 Å². The minimum Gasteiger partial charge on any atom is -0.486 e. The monoisotopic (exact) mass is 368 g/mol. The number of benzene rings is 2. The van der Waals surface area contributed by atoms with Crippen molar-refractivity contribution in [1.29, 1.82) is 0 Å². The summed E-state index contributed by atoms with van der Waals surface area (Å²) in [4.78, 5) is 25.6. The fourth-order valence-electron chi connectivity index (χ4n) is 2.93. The molecule has 27 heavy (non-hydrogen) atoms. The Balaban J connectivity index is 1.62. The number of nitrogens with one attached hydrogen (secondary N) is 1. The average molecular weight is 368 g/mol. The van der Waals surface area contributed by atoms with Gasteiger partial charge in [-0.3, -0.25) is 9.59 Å². The van der Waals surface area contributed by atoms with E-state index in [4.69, 9.17) is 9.47 Å². The van der Waals surface area contributed by atoms with Gasteiger partial charge in [0.2, 0.25) is 5.91 Å². The molecule has 0 radical (unpaired) electrons. The van der Waals surface area contributed by atoms with Crippen LogP contribution in [0.4, 0.5) is 0 Å². The molecule has 0 aliphatic carbocycles. The highest BCUT2D eigenvalue weighted by atomic mass is 16.6. The number of amides is 2. The van der Waals surface area contributed by atoms with Crippen molar-refractivity contribution >= 4 is 11.8 Å². The van der Waals surface area contributed by atoms with Gasteiger partial charge in [0.05, 0.1) is 6.54 Å². The number of fused-ring (bicyclic) bond motifs is 1. The summed E-state index contributed by atoms with van der Waals surface area (Å²) in [7, 11) is 0. The number of hydrogen-bond donors (Lipinski definition) is 1. The third-order valence-corrected chi connectivity index (χ3v) is 4.40. The molecule has 2 aromatic carbocycles. The molecule has 0 fully saturated rings. The second-order valence-corrected chi connectivity index (χ2v) is 6.45. The van der Waals surface area contributed by atoms with Crippen molar-refractivity contribution in [2.24, 2.45) is 0 Å². The quantitative estimate of drug-likeness (QED) is 0.851. The summed E-state index contributed by atoms with van der Waals surface area (Å²) >= 11 is 0. The van der Waals surface area contributed by atoms with Gasteiger partial charge in [-0.15, -0.1) is 0 Å². The van der Waals surface area contributed by atoms with Crippen molar-refractivity contribution in [1.82, 2.24) is 10.2 Å². The number of carbonyl (C=O) groups excluding carboxylic acids is 2. The Kier molecular flexibility index (Phi) is 5.96. The molecular weight excluding hydrogens is 344 g/mol. The summed E-state index contributed by atoms with van der Waals surface area (Å²) in [5, 5.41) is 2.74. The minimum absolute atomic E-state index is 0.0500. The smallest absolute Gasteiger partial charge is 0.253 e. The Morgan fingerprint density at radius 2 is 1.81 bits per heavy atom. The Morgan fingerprint density at radius 3 is 2.48 bits per heavy atom. The van der Waals surface area contributed by atoms with E-state index >= 15 is 0 Å². The predicted octanol–water partition coefficient (Wildman–Crippen LogP) is 2.62. The minimum atomic E-state index is -0.206. The highest BCUT2D eigenvalue weighted by Crippen LogP contribution is 2.31. The zero-order valence-corrected chi connectivity index (χ0v) is 15.6. The van der Waals surface area contributed by atoms with Crippen LogP contribution in [0, 0.1) is 0 Å². The first-order chi connectivity index (χ1) is 13.1. The fraction of sp³-hybridized carbons (Fsp3) is 0.333. The van der Waals surface area contributed by atoms with Crippen LogP contribution in [0.1, 0.15) is 29.8 Å². The van der Waals surface area contributed by atoms with Crippen molar-refractivity contribution in [3.05, 3.63) is 59.7 Å².